The van der Waals surface area contributed by atoms with Gasteiger partial charge in [-0.2, -0.15) is 0 Å². The van der Waals surface area contributed by atoms with Crippen LogP contribution in [0.25, 0.3) is 0 Å². The van der Waals surface area contributed by atoms with Crippen molar-refractivity contribution in [1.82, 2.24) is 10.6 Å². The van der Waals surface area contributed by atoms with Gasteiger partial charge in [0.15, 0.2) is 0 Å². The molecular weight excluding hydrogens is 202 g/mol. The number of hydrogen-bond donors (Lipinski definition) is 5. The molecule has 1 atom stereocenters. The second kappa shape index (κ2) is 8.16. The van der Waals surface area contributed by atoms with Crippen LogP contribution >= 0.6 is 0 Å². The van der Waals surface area contributed by atoms with Crippen molar-refractivity contribution < 1.29 is 19.8 Å². The Bertz CT molecular complexity index is 210. The van der Waals surface area contributed by atoms with Gasteiger partial charge in [0.05, 0.1) is 6.42 Å². The summed E-state index contributed by atoms with van der Waals surface area (Å²) in [5.74, 6) is -1.89. The first kappa shape index (κ1) is 13.8. The zero-order valence-electron chi connectivity index (χ0n) is 8.40. The second-order valence-electron chi connectivity index (χ2n) is 2.98. The molecule has 7 heteroatoms. The third-order valence-corrected chi connectivity index (χ3v) is 1.70. The molecule has 0 spiro atoms. The Balaban J connectivity index is 3.66. The lowest BCUT2D eigenvalue weighted by molar-refractivity contribution is -0.139. The van der Waals surface area contributed by atoms with Gasteiger partial charge in [0.1, 0.15) is 6.04 Å². The molecule has 0 radical (unpaired) electrons. The first-order chi connectivity index (χ1) is 7.07. The van der Waals surface area contributed by atoms with Crippen molar-refractivity contribution in [3.05, 3.63) is 0 Å². The Morgan fingerprint density at radius 3 is 2.40 bits per heavy atom. The number of carboxylic acid groups (broad SMARTS) is 2. The quantitative estimate of drug-likeness (QED) is 0.285. The van der Waals surface area contributed by atoms with Gasteiger partial charge in [-0.05, 0) is 0 Å². The highest BCUT2D eigenvalue weighted by Crippen LogP contribution is 1.83. The minimum Gasteiger partial charge on any atom is -0.481 e. The van der Waals surface area contributed by atoms with Crippen molar-refractivity contribution in [2.45, 2.75) is 12.5 Å². The van der Waals surface area contributed by atoms with Crippen LogP contribution in [-0.2, 0) is 9.59 Å². The molecule has 0 rings (SSSR count). The van der Waals surface area contributed by atoms with Gasteiger partial charge in [-0.25, -0.2) is 0 Å². The van der Waals surface area contributed by atoms with E-state index in [2.05, 4.69) is 10.6 Å². The van der Waals surface area contributed by atoms with Crippen LogP contribution in [0.2, 0.25) is 0 Å². The summed E-state index contributed by atoms with van der Waals surface area (Å²) in [6, 6.07) is -0.734. The van der Waals surface area contributed by atoms with E-state index in [4.69, 9.17) is 15.9 Å². The van der Waals surface area contributed by atoms with Crippen LogP contribution in [-0.4, -0.2) is 54.4 Å². The van der Waals surface area contributed by atoms with E-state index in [0.29, 0.717) is 13.1 Å². The minimum absolute atomic E-state index is 0.0246. The van der Waals surface area contributed by atoms with Crippen LogP contribution < -0.4 is 16.4 Å². The number of hydrogen-bond acceptors (Lipinski definition) is 5. The number of carboxylic acids is 2. The van der Waals surface area contributed by atoms with Crippen molar-refractivity contribution in [3.63, 3.8) is 0 Å². The molecule has 1 unspecified atom stereocenters. The maximum absolute atomic E-state index is 10.7. The summed E-state index contributed by atoms with van der Waals surface area (Å²) in [5, 5.41) is 22.6. The normalized spacial score (nSPS) is 12.3. The Kier molecular flexibility index (Phi) is 7.51. The molecule has 0 heterocycles. The fraction of sp³-hybridized carbons (Fsp3) is 0.750. The van der Waals surface area contributed by atoms with Crippen LogP contribution in [0.15, 0.2) is 0 Å². The van der Waals surface area contributed by atoms with E-state index in [0.717, 1.165) is 0 Å². The first-order valence-electron chi connectivity index (χ1n) is 4.66. The van der Waals surface area contributed by atoms with E-state index in [1.54, 1.807) is 0 Å². The van der Waals surface area contributed by atoms with Gasteiger partial charge in [-0.15, -0.1) is 0 Å². The number of carbonyl (C=O) groups is 2. The molecule has 6 N–H and O–H groups in total. The molecule has 0 amide bonds. The van der Waals surface area contributed by atoms with Crippen LogP contribution in [0.4, 0.5) is 0 Å². The Hall–Kier alpha value is -1.18. The Morgan fingerprint density at radius 1 is 1.27 bits per heavy atom. The third kappa shape index (κ3) is 7.86. The van der Waals surface area contributed by atoms with Crippen LogP contribution in [0.1, 0.15) is 6.42 Å². The fourth-order valence-electron chi connectivity index (χ4n) is 0.946. The summed E-state index contributed by atoms with van der Waals surface area (Å²) in [7, 11) is 0. The zero-order valence-corrected chi connectivity index (χ0v) is 8.40. The maximum Gasteiger partial charge on any atom is 0.322 e. The second-order valence-corrected chi connectivity index (χ2v) is 2.98. The van der Waals surface area contributed by atoms with Crippen LogP contribution in [0.3, 0.4) is 0 Å². The van der Waals surface area contributed by atoms with Gasteiger partial charge in [0.25, 0.3) is 0 Å². The van der Waals surface area contributed by atoms with Crippen molar-refractivity contribution >= 4 is 11.9 Å². The molecular formula is C8H17N3O4. The topological polar surface area (TPSA) is 125 Å². The molecule has 0 aliphatic heterocycles. The largest absolute Gasteiger partial charge is 0.481 e. The highest BCUT2D eigenvalue weighted by Gasteiger charge is 2.15. The molecule has 0 aliphatic carbocycles. The van der Waals surface area contributed by atoms with Gasteiger partial charge in [0.2, 0.25) is 0 Å². The molecule has 0 saturated heterocycles. The average Bonchev–Trinajstić information content (AvgIpc) is 2.15. The molecule has 0 aromatic rings. The lowest BCUT2D eigenvalue weighted by atomic mass is 10.3. The summed E-state index contributed by atoms with van der Waals surface area (Å²) in [6.45, 7) is 1.21. The molecule has 0 aromatic carbocycles. The zero-order chi connectivity index (χ0) is 11.7. The summed E-state index contributed by atoms with van der Waals surface area (Å²) in [5.41, 5.74) is 5.22. The smallest absolute Gasteiger partial charge is 0.322 e. The summed E-state index contributed by atoms with van der Waals surface area (Å²) >= 11 is 0. The predicted octanol–water partition coefficient (Wildman–Crippen LogP) is -1.95. The third-order valence-electron chi connectivity index (χ3n) is 1.70. The van der Waals surface area contributed by atoms with Gasteiger partial charge < -0.3 is 26.6 Å². The molecule has 88 valence electrons. The molecule has 15 heavy (non-hydrogen) atoms. The number of nitrogens with one attached hydrogen (secondary N) is 2. The summed E-state index contributed by atoms with van der Waals surface area (Å²) in [4.78, 5) is 20.8. The molecule has 0 saturated carbocycles. The Labute approximate surface area is 87.6 Å². The van der Waals surface area contributed by atoms with Crippen molar-refractivity contribution in [2.24, 2.45) is 5.73 Å². The summed E-state index contributed by atoms with van der Waals surface area (Å²) < 4.78 is 0. The lowest BCUT2D eigenvalue weighted by Crippen LogP contribution is -2.46. The van der Waals surface area contributed by atoms with Gasteiger partial charge in [0, 0.05) is 26.2 Å². The SMILES string of the molecule is NCCNC(CNCCC(=O)O)C(=O)O. The number of rotatable bonds is 9. The predicted molar refractivity (Wildman–Crippen MR) is 53.6 cm³/mol. The molecule has 0 aromatic heterocycles. The molecule has 0 bridgehead atoms. The number of aliphatic carboxylic acids is 2. The van der Waals surface area contributed by atoms with E-state index >= 15 is 0 Å². The van der Waals surface area contributed by atoms with E-state index in [1.165, 1.54) is 0 Å². The standard InChI is InChI=1S/C8H17N3O4/c9-2-4-11-6(8(14)15)5-10-3-1-7(12)13/h6,10-11H,1-5,9H2,(H,12,13)(H,14,15). The van der Waals surface area contributed by atoms with Gasteiger partial charge in [-0.1, -0.05) is 0 Å². The minimum atomic E-state index is -0.980. The van der Waals surface area contributed by atoms with E-state index in [9.17, 15) is 9.59 Å². The van der Waals surface area contributed by atoms with E-state index in [-0.39, 0.29) is 19.5 Å². The van der Waals surface area contributed by atoms with Crippen molar-refractivity contribution in [3.8, 4) is 0 Å². The summed E-state index contributed by atoms with van der Waals surface area (Å²) in [6.07, 6.45) is -0.0246. The average molecular weight is 219 g/mol. The highest BCUT2D eigenvalue weighted by molar-refractivity contribution is 5.73. The fourth-order valence-corrected chi connectivity index (χ4v) is 0.946. The van der Waals surface area contributed by atoms with E-state index < -0.39 is 18.0 Å². The van der Waals surface area contributed by atoms with Gasteiger partial charge >= 0.3 is 11.9 Å². The first-order valence-corrected chi connectivity index (χ1v) is 4.66. The van der Waals surface area contributed by atoms with E-state index in [1.807, 2.05) is 0 Å². The molecule has 7 nitrogen and oxygen atoms in total. The number of nitrogens with two attached hydrogens (primary N) is 1. The van der Waals surface area contributed by atoms with Crippen LogP contribution in [0.5, 0.6) is 0 Å². The van der Waals surface area contributed by atoms with Crippen LogP contribution in [0, 0.1) is 0 Å². The lowest BCUT2D eigenvalue weighted by Gasteiger charge is -2.14. The maximum atomic E-state index is 10.7. The molecule has 0 aliphatic rings. The highest BCUT2D eigenvalue weighted by atomic mass is 16.4. The Morgan fingerprint density at radius 2 is 1.93 bits per heavy atom. The van der Waals surface area contributed by atoms with Crippen molar-refractivity contribution in [2.75, 3.05) is 26.2 Å². The van der Waals surface area contributed by atoms with Crippen molar-refractivity contribution in [1.29, 1.82) is 0 Å². The van der Waals surface area contributed by atoms with Gasteiger partial charge in [-0.3, -0.25) is 9.59 Å². The monoisotopic (exact) mass is 219 g/mol. The molecule has 0 fully saturated rings.